The Morgan fingerprint density at radius 3 is 2.34 bits per heavy atom. The number of fused-ring (bicyclic) bond motifs is 1. The van der Waals surface area contributed by atoms with Gasteiger partial charge in [-0.05, 0) is 59.5 Å². The van der Waals surface area contributed by atoms with Crippen LogP contribution in [0, 0.1) is 13.8 Å². The van der Waals surface area contributed by atoms with E-state index in [1.54, 1.807) is 0 Å². The van der Waals surface area contributed by atoms with E-state index in [1.165, 1.54) is 11.3 Å². The van der Waals surface area contributed by atoms with Crippen molar-refractivity contribution >= 4 is 33.9 Å². The van der Waals surface area contributed by atoms with E-state index in [0.29, 0.717) is 0 Å². The van der Waals surface area contributed by atoms with E-state index in [1.807, 2.05) is 31.3 Å². The number of aromatic nitrogens is 1. The van der Waals surface area contributed by atoms with E-state index in [2.05, 4.69) is 90.7 Å². The molecule has 0 atom stereocenters. The number of aryl methyl sites for hydroxylation is 2. The number of hydrogen-bond donors (Lipinski definition) is 2. The number of hydrogen-bond acceptors (Lipinski definition) is 4. The van der Waals surface area contributed by atoms with Crippen molar-refractivity contribution in [3.05, 3.63) is 83.7 Å². The maximum Gasteiger partial charge on any atom is 0.323 e. The smallest absolute Gasteiger partial charge is 0.323 e. The van der Waals surface area contributed by atoms with E-state index in [0.717, 1.165) is 70.8 Å². The predicted molar refractivity (Wildman–Crippen MR) is 157 cm³/mol. The fraction of sp³-hybridized carbons (Fsp3) is 0.312. The van der Waals surface area contributed by atoms with Gasteiger partial charge in [0.05, 0.1) is 18.9 Å². The average molecular weight is 509 g/mol. The van der Waals surface area contributed by atoms with E-state index in [-0.39, 0.29) is 11.4 Å². The molecule has 2 heterocycles. The number of rotatable bonds is 4. The highest BCUT2D eigenvalue weighted by Crippen LogP contribution is 2.39. The van der Waals surface area contributed by atoms with E-state index >= 15 is 0 Å². The molecule has 0 unspecified atom stereocenters. The van der Waals surface area contributed by atoms with Crippen LogP contribution >= 0.6 is 0 Å². The minimum absolute atomic E-state index is 0.00284. The molecule has 1 fully saturated rings. The maximum atomic E-state index is 13.2. The molecule has 38 heavy (non-hydrogen) atoms. The topological polar surface area (TPSA) is 66.5 Å². The van der Waals surface area contributed by atoms with Gasteiger partial charge in [-0.1, -0.05) is 63.2 Å². The molecular formula is C32H36N4O2. The molecule has 4 aromatic rings. The number of ether oxygens (including phenoxy) is 1. The Hall–Kier alpha value is -3.90. The lowest BCUT2D eigenvalue weighted by molar-refractivity contribution is 0.122. The number of benzene rings is 3. The number of pyridine rings is 1. The molecule has 1 aromatic heterocycles. The van der Waals surface area contributed by atoms with Crippen molar-refractivity contribution in [3.63, 3.8) is 0 Å². The minimum atomic E-state index is -0.261. The maximum absolute atomic E-state index is 13.2. The molecule has 0 bridgehead atoms. The molecule has 1 aliphatic heterocycles. The second kappa shape index (κ2) is 10.5. The third kappa shape index (κ3) is 5.22. The van der Waals surface area contributed by atoms with Crippen molar-refractivity contribution in [1.29, 1.82) is 0 Å². The molecule has 1 saturated heterocycles. The standard InChI is InChI=1S/C32H36N4O2/c1-21-10-11-23(32(3,4)5)20-28(21)35-31(37)34-27-13-12-26(24-8-6-7-9-25(24)27)30-22(2)33-15-14-29(30)36-16-18-38-19-17-36/h6-15,20H,16-19H2,1-5H3,(H2,34,35,37). The Kier molecular flexibility index (Phi) is 7.09. The number of nitrogens with one attached hydrogen (secondary N) is 2. The first kappa shape index (κ1) is 25.7. The van der Waals surface area contributed by atoms with Crippen molar-refractivity contribution in [2.75, 3.05) is 41.8 Å². The van der Waals surface area contributed by atoms with Crippen LogP contribution in [0.5, 0.6) is 0 Å². The highest BCUT2D eigenvalue weighted by Gasteiger charge is 2.21. The Morgan fingerprint density at radius 2 is 1.61 bits per heavy atom. The summed E-state index contributed by atoms with van der Waals surface area (Å²) in [6.07, 6.45) is 1.88. The first-order valence-corrected chi connectivity index (χ1v) is 13.2. The molecule has 2 N–H and O–H groups in total. The van der Waals surface area contributed by atoms with Gasteiger partial charge in [0, 0.05) is 47.3 Å². The quantitative estimate of drug-likeness (QED) is 0.304. The zero-order chi connectivity index (χ0) is 26.9. The highest BCUT2D eigenvalue weighted by molar-refractivity contribution is 6.11. The molecule has 5 rings (SSSR count). The lowest BCUT2D eigenvalue weighted by Crippen LogP contribution is -2.36. The lowest BCUT2D eigenvalue weighted by atomic mass is 9.86. The summed E-state index contributed by atoms with van der Waals surface area (Å²) in [4.78, 5) is 20.2. The zero-order valence-electron chi connectivity index (χ0n) is 22.9. The van der Waals surface area contributed by atoms with Gasteiger partial charge in [-0.3, -0.25) is 4.98 Å². The van der Waals surface area contributed by atoms with Crippen LogP contribution in [-0.2, 0) is 10.2 Å². The molecule has 6 heteroatoms. The second-order valence-electron chi connectivity index (χ2n) is 11.0. The third-order valence-electron chi connectivity index (χ3n) is 7.26. The summed E-state index contributed by atoms with van der Waals surface area (Å²) in [5, 5.41) is 8.22. The summed E-state index contributed by atoms with van der Waals surface area (Å²) >= 11 is 0. The van der Waals surface area contributed by atoms with Gasteiger partial charge in [0.25, 0.3) is 0 Å². The molecular weight excluding hydrogens is 472 g/mol. The molecule has 1 aliphatic rings. The van der Waals surface area contributed by atoms with Gasteiger partial charge in [-0.25, -0.2) is 4.79 Å². The van der Waals surface area contributed by atoms with Crippen molar-refractivity contribution in [2.45, 2.75) is 40.0 Å². The molecule has 2 amide bonds. The first-order valence-electron chi connectivity index (χ1n) is 13.2. The van der Waals surface area contributed by atoms with E-state index in [9.17, 15) is 4.79 Å². The van der Waals surface area contributed by atoms with Crippen molar-refractivity contribution in [3.8, 4) is 11.1 Å². The number of nitrogens with zero attached hydrogens (tertiary/aromatic N) is 2. The monoisotopic (exact) mass is 508 g/mol. The van der Waals surface area contributed by atoms with Crippen LogP contribution in [0.15, 0.2) is 66.9 Å². The minimum Gasteiger partial charge on any atom is -0.378 e. The fourth-order valence-electron chi connectivity index (χ4n) is 5.08. The van der Waals surface area contributed by atoms with Crippen LogP contribution in [0.1, 0.15) is 37.6 Å². The average Bonchev–Trinajstić information content (AvgIpc) is 2.90. The first-order chi connectivity index (χ1) is 18.2. The molecule has 0 aliphatic carbocycles. The lowest BCUT2D eigenvalue weighted by Gasteiger charge is -2.31. The SMILES string of the molecule is Cc1ccc(C(C)(C)C)cc1NC(=O)Nc1ccc(-c2c(N3CCOCC3)ccnc2C)c2ccccc12. The highest BCUT2D eigenvalue weighted by atomic mass is 16.5. The predicted octanol–water partition coefficient (Wildman–Crippen LogP) is 7.30. The number of carbonyl (C=O) groups excluding carboxylic acids is 1. The van der Waals surface area contributed by atoms with Crippen molar-refractivity contribution in [2.24, 2.45) is 0 Å². The zero-order valence-corrected chi connectivity index (χ0v) is 22.9. The Labute approximate surface area is 225 Å². The number of anilines is 3. The summed E-state index contributed by atoms with van der Waals surface area (Å²) < 4.78 is 5.59. The van der Waals surface area contributed by atoms with Gasteiger partial charge in [0.15, 0.2) is 0 Å². The van der Waals surface area contributed by atoms with Gasteiger partial charge >= 0.3 is 6.03 Å². The summed E-state index contributed by atoms with van der Waals surface area (Å²) in [5.41, 5.74) is 8.15. The number of amides is 2. The number of urea groups is 1. The van der Waals surface area contributed by atoms with Gasteiger partial charge in [-0.2, -0.15) is 0 Å². The van der Waals surface area contributed by atoms with Crippen LogP contribution < -0.4 is 15.5 Å². The summed E-state index contributed by atoms with van der Waals surface area (Å²) in [5.74, 6) is 0. The summed E-state index contributed by atoms with van der Waals surface area (Å²) in [6.45, 7) is 13.7. The third-order valence-corrected chi connectivity index (χ3v) is 7.26. The van der Waals surface area contributed by atoms with Crippen LogP contribution in [0.2, 0.25) is 0 Å². The van der Waals surface area contributed by atoms with Crippen LogP contribution in [-0.4, -0.2) is 37.3 Å². The van der Waals surface area contributed by atoms with Gasteiger partial charge in [-0.15, -0.1) is 0 Å². The molecule has 0 radical (unpaired) electrons. The number of carbonyl (C=O) groups is 1. The second-order valence-corrected chi connectivity index (χ2v) is 11.0. The molecule has 6 nitrogen and oxygen atoms in total. The largest absolute Gasteiger partial charge is 0.378 e. The Morgan fingerprint density at radius 1 is 0.895 bits per heavy atom. The number of morpholine rings is 1. The molecule has 0 saturated carbocycles. The molecule has 196 valence electrons. The summed E-state index contributed by atoms with van der Waals surface area (Å²) in [6, 6.07) is 20.4. The van der Waals surface area contributed by atoms with Crippen molar-refractivity contribution < 1.29 is 9.53 Å². The fourth-order valence-corrected chi connectivity index (χ4v) is 5.08. The van der Waals surface area contributed by atoms with Crippen molar-refractivity contribution in [1.82, 2.24) is 4.98 Å². The van der Waals surface area contributed by atoms with Gasteiger partial charge in [0.1, 0.15) is 0 Å². The molecule has 0 spiro atoms. The summed E-state index contributed by atoms with van der Waals surface area (Å²) in [7, 11) is 0. The Bertz CT molecular complexity index is 1480. The van der Waals surface area contributed by atoms with Gasteiger partial charge < -0.3 is 20.3 Å². The molecule has 3 aromatic carbocycles. The van der Waals surface area contributed by atoms with Crippen LogP contribution in [0.3, 0.4) is 0 Å². The van der Waals surface area contributed by atoms with Gasteiger partial charge in [0.2, 0.25) is 0 Å². The Balaban J connectivity index is 1.49. The van der Waals surface area contributed by atoms with E-state index in [4.69, 9.17) is 4.74 Å². The van der Waals surface area contributed by atoms with E-state index < -0.39 is 0 Å². The normalized spacial score (nSPS) is 14.0. The van der Waals surface area contributed by atoms with Crippen LogP contribution in [0.4, 0.5) is 21.9 Å². The van der Waals surface area contributed by atoms with Crippen LogP contribution in [0.25, 0.3) is 21.9 Å².